The highest BCUT2D eigenvalue weighted by Crippen LogP contribution is 2.25. The van der Waals surface area contributed by atoms with Crippen LogP contribution in [0.3, 0.4) is 0 Å². The maximum absolute atomic E-state index is 13.2. The van der Waals surface area contributed by atoms with Crippen molar-refractivity contribution in [2.24, 2.45) is 0 Å². The largest absolute Gasteiger partial charge is 0.325 e. The number of nitrogens with zero attached hydrogens (tertiary/aromatic N) is 3. The van der Waals surface area contributed by atoms with Crippen LogP contribution in [0.1, 0.15) is 25.3 Å². The number of nitrogens with one attached hydrogen (secondary N) is 1. The van der Waals surface area contributed by atoms with E-state index in [1.54, 1.807) is 18.3 Å². The topological polar surface area (TPSA) is 76.9 Å². The summed E-state index contributed by atoms with van der Waals surface area (Å²) in [5, 5.41) is 3.84. The van der Waals surface area contributed by atoms with Gasteiger partial charge in [0, 0.05) is 11.9 Å². The highest BCUT2D eigenvalue weighted by atomic mass is 32.2. The van der Waals surface area contributed by atoms with Crippen molar-refractivity contribution in [2.75, 3.05) is 11.1 Å². The molecule has 31 heavy (non-hydrogen) atoms. The first kappa shape index (κ1) is 20.8. The average Bonchev–Trinajstić information content (AvgIpc) is 2.78. The fourth-order valence-corrected chi connectivity index (χ4v) is 4.13. The van der Waals surface area contributed by atoms with E-state index in [0.29, 0.717) is 27.8 Å². The Kier molecular flexibility index (Phi) is 6.13. The maximum atomic E-state index is 13.2. The second-order valence-electron chi connectivity index (χ2n) is 7.32. The number of thioether (sulfide) groups is 1. The van der Waals surface area contributed by atoms with Crippen LogP contribution in [0, 0.1) is 0 Å². The highest BCUT2D eigenvalue weighted by Gasteiger charge is 2.16. The van der Waals surface area contributed by atoms with Crippen molar-refractivity contribution in [3.63, 3.8) is 0 Å². The zero-order valence-electron chi connectivity index (χ0n) is 17.3. The number of carbonyl (C=O) groups is 1. The van der Waals surface area contributed by atoms with E-state index >= 15 is 0 Å². The smallest absolute Gasteiger partial charge is 0.268 e. The van der Waals surface area contributed by atoms with Gasteiger partial charge in [-0.05, 0) is 41.8 Å². The van der Waals surface area contributed by atoms with Crippen molar-refractivity contribution >= 4 is 34.4 Å². The van der Waals surface area contributed by atoms with E-state index in [-0.39, 0.29) is 17.2 Å². The van der Waals surface area contributed by atoms with Gasteiger partial charge in [0.15, 0.2) is 10.8 Å². The first-order valence-corrected chi connectivity index (χ1v) is 11.0. The minimum atomic E-state index is -0.211. The summed E-state index contributed by atoms with van der Waals surface area (Å²) in [4.78, 5) is 34.7. The molecule has 0 saturated carbocycles. The van der Waals surface area contributed by atoms with Crippen LogP contribution in [0.5, 0.6) is 0 Å². The Hall–Kier alpha value is -3.45. The standard InChI is InChI=1S/C24H22N4O2S/c1-16(2)18-11-6-7-13-20(18)26-21(29)15-31-24-27-22-19(12-8-14-25-22)23(30)28(24)17-9-4-3-5-10-17/h3-14,16H,15H2,1-2H3,(H,26,29). The summed E-state index contributed by atoms with van der Waals surface area (Å²) in [7, 11) is 0. The second kappa shape index (κ2) is 9.14. The Morgan fingerprint density at radius 2 is 1.77 bits per heavy atom. The van der Waals surface area contributed by atoms with Crippen molar-refractivity contribution < 1.29 is 4.79 Å². The number of hydrogen-bond acceptors (Lipinski definition) is 5. The van der Waals surface area contributed by atoms with E-state index in [0.717, 1.165) is 11.3 Å². The molecule has 4 aromatic rings. The molecule has 0 spiro atoms. The predicted octanol–water partition coefficient (Wildman–Crippen LogP) is 4.63. The number of carbonyl (C=O) groups excluding carboxylic acids is 1. The van der Waals surface area contributed by atoms with E-state index in [1.807, 2.05) is 54.6 Å². The number of rotatable bonds is 6. The minimum absolute atomic E-state index is 0.115. The summed E-state index contributed by atoms with van der Waals surface area (Å²) in [5.74, 6) is 0.248. The number of amides is 1. The lowest BCUT2D eigenvalue weighted by Crippen LogP contribution is -2.23. The Balaban J connectivity index is 1.64. The SMILES string of the molecule is CC(C)c1ccccc1NC(=O)CSc1nc2ncccc2c(=O)n1-c1ccccc1. The molecule has 4 rings (SSSR count). The van der Waals surface area contributed by atoms with E-state index in [4.69, 9.17) is 0 Å². The van der Waals surface area contributed by atoms with Crippen LogP contribution in [0.2, 0.25) is 0 Å². The molecule has 1 N–H and O–H groups in total. The molecular weight excluding hydrogens is 408 g/mol. The van der Waals surface area contributed by atoms with Crippen LogP contribution < -0.4 is 10.9 Å². The Labute approximate surface area is 184 Å². The van der Waals surface area contributed by atoms with Crippen LogP contribution >= 0.6 is 11.8 Å². The molecule has 2 heterocycles. The maximum Gasteiger partial charge on any atom is 0.268 e. The van der Waals surface area contributed by atoms with Gasteiger partial charge in [-0.2, -0.15) is 0 Å². The van der Waals surface area contributed by atoms with Crippen LogP contribution in [0.4, 0.5) is 5.69 Å². The summed E-state index contributed by atoms with van der Waals surface area (Å²) in [6.45, 7) is 4.18. The summed E-state index contributed by atoms with van der Waals surface area (Å²) in [6.07, 6.45) is 1.60. The molecule has 0 fully saturated rings. The monoisotopic (exact) mass is 430 g/mol. The number of benzene rings is 2. The lowest BCUT2D eigenvalue weighted by atomic mass is 10.0. The van der Waals surface area contributed by atoms with Gasteiger partial charge in [-0.3, -0.25) is 14.2 Å². The second-order valence-corrected chi connectivity index (χ2v) is 8.27. The normalized spacial score (nSPS) is 11.1. The van der Waals surface area contributed by atoms with Crippen molar-refractivity contribution in [2.45, 2.75) is 24.9 Å². The molecule has 2 aromatic carbocycles. The van der Waals surface area contributed by atoms with E-state index in [2.05, 4.69) is 29.1 Å². The molecule has 6 nitrogen and oxygen atoms in total. The van der Waals surface area contributed by atoms with Gasteiger partial charge in [0.2, 0.25) is 5.91 Å². The molecule has 0 atom stereocenters. The van der Waals surface area contributed by atoms with Gasteiger partial charge in [-0.15, -0.1) is 0 Å². The molecule has 2 aromatic heterocycles. The fourth-order valence-electron chi connectivity index (χ4n) is 3.33. The third-order valence-corrected chi connectivity index (χ3v) is 5.76. The van der Waals surface area contributed by atoms with Crippen LogP contribution in [0.25, 0.3) is 16.7 Å². The third kappa shape index (κ3) is 4.51. The summed E-state index contributed by atoms with van der Waals surface area (Å²) >= 11 is 1.21. The lowest BCUT2D eigenvalue weighted by Gasteiger charge is -2.15. The molecule has 1 amide bonds. The summed E-state index contributed by atoms with van der Waals surface area (Å²) < 4.78 is 1.53. The van der Waals surface area contributed by atoms with Crippen molar-refractivity contribution in [1.29, 1.82) is 0 Å². The molecule has 156 valence electrons. The lowest BCUT2D eigenvalue weighted by molar-refractivity contribution is -0.113. The number of anilines is 1. The van der Waals surface area contributed by atoms with Gasteiger partial charge in [0.1, 0.15) is 0 Å². The Morgan fingerprint density at radius 3 is 2.55 bits per heavy atom. The first-order chi connectivity index (χ1) is 15.0. The van der Waals surface area contributed by atoms with Crippen LogP contribution in [-0.4, -0.2) is 26.2 Å². The molecule has 0 radical (unpaired) electrons. The number of para-hydroxylation sites is 2. The van der Waals surface area contributed by atoms with E-state index in [1.165, 1.54) is 16.3 Å². The Bertz CT molecular complexity index is 1290. The molecule has 0 aliphatic rings. The van der Waals surface area contributed by atoms with Crippen LogP contribution in [0.15, 0.2) is 82.9 Å². The third-order valence-electron chi connectivity index (χ3n) is 4.82. The minimum Gasteiger partial charge on any atom is -0.325 e. The number of aromatic nitrogens is 3. The number of hydrogen-bond donors (Lipinski definition) is 1. The van der Waals surface area contributed by atoms with Crippen LogP contribution in [-0.2, 0) is 4.79 Å². The zero-order valence-corrected chi connectivity index (χ0v) is 18.1. The van der Waals surface area contributed by atoms with E-state index < -0.39 is 0 Å². The van der Waals surface area contributed by atoms with Gasteiger partial charge in [0.05, 0.1) is 16.8 Å². The van der Waals surface area contributed by atoms with Crippen molar-refractivity contribution in [3.05, 3.63) is 88.8 Å². The van der Waals surface area contributed by atoms with Gasteiger partial charge in [-0.25, -0.2) is 9.97 Å². The molecule has 0 bridgehead atoms. The van der Waals surface area contributed by atoms with Gasteiger partial charge in [-0.1, -0.05) is 62.0 Å². The molecule has 0 saturated heterocycles. The molecule has 0 unspecified atom stereocenters. The van der Waals surface area contributed by atoms with Gasteiger partial charge >= 0.3 is 0 Å². The average molecular weight is 431 g/mol. The molecule has 0 aliphatic carbocycles. The molecular formula is C24H22N4O2S. The number of pyridine rings is 1. The van der Waals surface area contributed by atoms with Crippen molar-refractivity contribution in [3.8, 4) is 5.69 Å². The van der Waals surface area contributed by atoms with E-state index in [9.17, 15) is 9.59 Å². The van der Waals surface area contributed by atoms with Gasteiger partial charge < -0.3 is 5.32 Å². The number of fused-ring (bicyclic) bond motifs is 1. The fraction of sp³-hybridized carbons (Fsp3) is 0.167. The Morgan fingerprint density at radius 1 is 1.03 bits per heavy atom. The van der Waals surface area contributed by atoms with Crippen molar-refractivity contribution in [1.82, 2.24) is 14.5 Å². The molecule has 7 heteroatoms. The summed E-state index contributed by atoms with van der Waals surface area (Å²) in [5.41, 5.74) is 2.73. The first-order valence-electron chi connectivity index (χ1n) is 9.99. The highest BCUT2D eigenvalue weighted by molar-refractivity contribution is 7.99. The van der Waals surface area contributed by atoms with Gasteiger partial charge in [0.25, 0.3) is 5.56 Å². The zero-order chi connectivity index (χ0) is 21.8. The summed E-state index contributed by atoms with van der Waals surface area (Å²) in [6, 6.07) is 20.5. The quantitative estimate of drug-likeness (QED) is 0.356. The molecule has 0 aliphatic heterocycles. The predicted molar refractivity (Wildman–Crippen MR) is 125 cm³/mol.